The Morgan fingerprint density at radius 2 is 2.12 bits per heavy atom. The third kappa shape index (κ3) is 1.67. The number of hydrogen-bond donors (Lipinski definition) is 1. The molecule has 1 aliphatic rings. The van der Waals surface area contributed by atoms with Crippen LogP contribution in [0.25, 0.3) is 0 Å². The molecule has 16 heavy (non-hydrogen) atoms. The summed E-state index contributed by atoms with van der Waals surface area (Å²) in [6.07, 6.45) is 4.24. The summed E-state index contributed by atoms with van der Waals surface area (Å²) in [5.41, 5.74) is 4.51. The van der Waals surface area contributed by atoms with Crippen molar-refractivity contribution < 1.29 is 0 Å². The number of hydrogen-bond acceptors (Lipinski definition) is 4. The van der Waals surface area contributed by atoms with Gasteiger partial charge in [-0.05, 0) is 12.1 Å². The average Bonchev–Trinajstić information content (AvgIpc) is 2.80. The fourth-order valence-electron chi connectivity index (χ4n) is 1.98. The Kier molecular flexibility index (Phi) is 2.34. The molecule has 0 aromatic carbocycles. The molecule has 3 heterocycles. The van der Waals surface area contributed by atoms with Crippen LogP contribution in [0.3, 0.4) is 0 Å². The lowest BCUT2D eigenvalue weighted by atomic mass is 10.1. The molecule has 1 aliphatic heterocycles. The van der Waals surface area contributed by atoms with Crippen molar-refractivity contribution >= 4 is 0 Å². The lowest BCUT2D eigenvalue weighted by molar-refractivity contribution is 0.755. The minimum absolute atomic E-state index is 0.785. The molecular weight excluding hydrogens is 200 g/mol. The zero-order valence-corrected chi connectivity index (χ0v) is 8.85. The van der Waals surface area contributed by atoms with Crippen molar-refractivity contribution in [2.75, 3.05) is 0 Å². The van der Waals surface area contributed by atoms with Crippen LogP contribution in [0.15, 0.2) is 30.7 Å². The molecule has 3 rings (SSSR count). The Labute approximate surface area is 93.8 Å². The maximum absolute atomic E-state index is 4.35. The maximum atomic E-state index is 4.35. The average molecular weight is 212 g/mol. The van der Waals surface area contributed by atoms with Crippen molar-refractivity contribution in [3.63, 3.8) is 0 Å². The Morgan fingerprint density at radius 1 is 1.12 bits per heavy atom. The smallest absolute Gasteiger partial charge is 0.116 e. The molecule has 1 N–H and O–H groups in total. The maximum Gasteiger partial charge on any atom is 0.116 e. The molecule has 4 nitrogen and oxygen atoms in total. The van der Waals surface area contributed by atoms with Crippen LogP contribution in [0.1, 0.15) is 22.6 Å². The van der Waals surface area contributed by atoms with Gasteiger partial charge in [0.1, 0.15) is 6.33 Å². The van der Waals surface area contributed by atoms with Gasteiger partial charge in [-0.15, -0.1) is 0 Å². The summed E-state index contributed by atoms with van der Waals surface area (Å²) in [7, 11) is 0. The molecule has 2 aromatic rings. The third-order valence-corrected chi connectivity index (χ3v) is 2.79. The minimum atomic E-state index is 0.785. The first-order valence-corrected chi connectivity index (χ1v) is 5.36. The van der Waals surface area contributed by atoms with E-state index in [0.717, 1.165) is 36.6 Å². The van der Waals surface area contributed by atoms with Crippen LogP contribution in [0.4, 0.5) is 0 Å². The largest absolute Gasteiger partial charge is 0.307 e. The first-order chi connectivity index (χ1) is 7.93. The Balaban J connectivity index is 1.94. The van der Waals surface area contributed by atoms with Gasteiger partial charge in [0.15, 0.2) is 0 Å². The highest BCUT2D eigenvalue weighted by atomic mass is 15.0. The molecule has 0 spiro atoms. The first kappa shape index (κ1) is 9.42. The van der Waals surface area contributed by atoms with E-state index in [0.29, 0.717) is 0 Å². The van der Waals surface area contributed by atoms with E-state index >= 15 is 0 Å². The van der Waals surface area contributed by atoms with Gasteiger partial charge < -0.3 is 5.32 Å². The second-order valence-corrected chi connectivity index (χ2v) is 3.85. The monoisotopic (exact) mass is 212 g/mol. The van der Waals surface area contributed by atoms with Gasteiger partial charge in [0.2, 0.25) is 0 Å². The summed E-state index contributed by atoms with van der Waals surface area (Å²) in [4.78, 5) is 12.9. The number of nitrogens with one attached hydrogen (secondary N) is 1. The van der Waals surface area contributed by atoms with Crippen LogP contribution in [-0.4, -0.2) is 15.0 Å². The fourth-order valence-corrected chi connectivity index (χ4v) is 1.98. The van der Waals surface area contributed by atoms with Gasteiger partial charge in [0.05, 0.1) is 11.4 Å². The standard InChI is InChI=1S/C12H12N4/c1-2-4-14-9(3-1)5-11-10-6-13-7-12(10)16-8-15-11/h1-4,8,13H,5-7H2. The van der Waals surface area contributed by atoms with Crippen LogP contribution < -0.4 is 5.32 Å². The predicted octanol–water partition coefficient (Wildman–Crippen LogP) is 1.07. The summed E-state index contributed by atoms with van der Waals surface area (Å²) in [6, 6.07) is 5.95. The van der Waals surface area contributed by atoms with Crippen molar-refractivity contribution in [1.29, 1.82) is 0 Å². The Bertz CT molecular complexity index is 496. The summed E-state index contributed by atoms with van der Waals surface area (Å²) < 4.78 is 0. The number of fused-ring (bicyclic) bond motifs is 1. The van der Waals surface area contributed by atoms with E-state index < -0.39 is 0 Å². The van der Waals surface area contributed by atoms with Crippen LogP contribution in [0, 0.1) is 0 Å². The predicted molar refractivity (Wildman–Crippen MR) is 59.6 cm³/mol. The number of aromatic nitrogens is 3. The van der Waals surface area contributed by atoms with Gasteiger partial charge in [-0.3, -0.25) is 4.98 Å². The highest BCUT2D eigenvalue weighted by molar-refractivity contribution is 5.30. The van der Waals surface area contributed by atoms with Gasteiger partial charge in [-0.2, -0.15) is 0 Å². The molecule has 0 aliphatic carbocycles. The topological polar surface area (TPSA) is 50.7 Å². The van der Waals surface area contributed by atoms with Crippen LogP contribution >= 0.6 is 0 Å². The second kappa shape index (κ2) is 3.98. The molecule has 2 aromatic heterocycles. The first-order valence-electron chi connectivity index (χ1n) is 5.36. The molecule has 0 unspecified atom stereocenters. The zero-order valence-electron chi connectivity index (χ0n) is 8.85. The van der Waals surface area contributed by atoms with Crippen molar-refractivity contribution in [2.24, 2.45) is 0 Å². The molecule has 0 fully saturated rings. The van der Waals surface area contributed by atoms with E-state index in [1.54, 1.807) is 6.33 Å². The highest BCUT2D eigenvalue weighted by Gasteiger charge is 2.16. The van der Waals surface area contributed by atoms with Crippen molar-refractivity contribution in [3.05, 3.63) is 53.4 Å². The second-order valence-electron chi connectivity index (χ2n) is 3.85. The van der Waals surface area contributed by atoms with Gasteiger partial charge in [0.25, 0.3) is 0 Å². The molecular formula is C12H12N4. The van der Waals surface area contributed by atoms with Crippen molar-refractivity contribution in [3.8, 4) is 0 Å². The van der Waals surface area contributed by atoms with Gasteiger partial charge >= 0.3 is 0 Å². The van der Waals surface area contributed by atoms with E-state index in [9.17, 15) is 0 Å². The number of pyridine rings is 1. The van der Waals surface area contributed by atoms with Crippen LogP contribution in [0.5, 0.6) is 0 Å². The van der Waals surface area contributed by atoms with E-state index in [1.165, 1.54) is 5.56 Å². The molecule has 80 valence electrons. The SMILES string of the molecule is c1ccc(Cc2ncnc3c2CNC3)nc1. The molecule has 0 bridgehead atoms. The fraction of sp³-hybridized carbons (Fsp3) is 0.250. The Hall–Kier alpha value is -1.81. The van der Waals surface area contributed by atoms with Crippen molar-refractivity contribution in [2.45, 2.75) is 19.5 Å². The Morgan fingerprint density at radius 3 is 3.00 bits per heavy atom. The van der Waals surface area contributed by atoms with Gasteiger partial charge in [-0.1, -0.05) is 6.07 Å². The minimum Gasteiger partial charge on any atom is -0.307 e. The number of rotatable bonds is 2. The van der Waals surface area contributed by atoms with Gasteiger partial charge in [0, 0.05) is 37.0 Å². The molecule has 0 saturated carbocycles. The molecule has 0 saturated heterocycles. The van der Waals surface area contributed by atoms with E-state index in [-0.39, 0.29) is 0 Å². The van der Waals surface area contributed by atoms with Crippen molar-refractivity contribution in [1.82, 2.24) is 20.3 Å². The lowest BCUT2D eigenvalue weighted by Gasteiger charge is -2.04. The quantitative estimate of drug-likeness (QED) is 0.809. The number of nitrogens with zero attached hydrogens (tertiary/aromatic N) is 3. The summed E-state index contributed by atoms with van der Waals surface area (Å²) in [6.45, 7) is 1.73. The highest BCUT2D eigenvalue weighted by Crippen LogP contribution is 2.17. The van der Waals surface area contributed by atoms with E-state index in [1.807, 2.05) is 24.4 Å². The van der Waals surface area contributed by atoms with E-state index in [4.69, 9.17) is 0 Å². The molecule has 0 atom stereocenters. The van der Waals surface area contributed by atoms with E-state index in [2.05, 4.69) is 20.3 Å². The molecule has 4 heteroatoms. The zero-order chi connectivity index (χ0) is 10.8. The summed E-state index contributed by atoms with van der Waals surface area (Å²) in [5.74, 6) is 0. The lowest BCUT2D eigenvalue weighted by Crippen LogP contribution is -2.03. The van der Waals surface area contributed by atoms with Gasteiger partial charge in [-0.25, -0.2) is 9.97 Å². The summed E-state index contributed by atoms with van der Waals surface area (Å²) in [5, 5.41) is 3.29. The normalized spacial score (nSPS) is 13.8. The molecule has 0 radical (unpaired) electrons. The van der Waals surface area contributed by atoms with Crippen LogP contribution in [-0.2, 0) is 19.5 Å². The third-order valence-electron chi connectivity index (χ3n) is 2.79. The van der Waals surface area contributed by atoms with Crippen LogP contribution in [0.2, 0.25) is 0 Å². The molecule has 0 amide bonds. The summed E-state index contributed by atoms with van der Waals surface area (Å²) >= 11 is 0.